The van der Waals surface area contributed by atoms with Crippen LogP contribution in [0.15, 0.2) is 11.3 Å². The molecule has 1 rings (SSSR count). The van der Waals surface area contributed by atoms with Gasteiger partial charge in [0.1, 0.15) is 5.76 Å². The molecule has 0 fully saturated rings. The maximum atomic E-state index is 11.7. The van der Waals surface area contributed by atoms with E-state index in [1.165, 1.54) is 14.0 Å². The quantitative estimate of drug-likeness (QED) is 0.591. The number of carbonyl (C=O) groups is 2. The zero-order valence-corrected chi connectivity index (χ0v) is 12.5. The van der Waals surface area contributed by atoms with Crippen LogP contribution < -0.4 is 5.32 Å². The largest absolute Gasteiger partial charge is 0.467 e. The Bertz CT molecular complexity index is 391. The molecule has 20 heavy (non-hydrogen) atoms. The third-order valence-corrected chi connectivity index (χ3v) is 3.07. The van der Waals surface area contributed by atoms with Gasteiger partial charge < -0.3 is 19.5 Å². The average molecular weight is 285 g/mol. The summed E-state index contributed by atoms with van der Waals surface area (Å²) in [6.07, 6.45) is 1.70. The minimum absolute atomic E-state index is 0.188. The summed E-state index contributed by atoms with van der Waals surface area (Å²) >= 11 is 0. The molecule has 1 amide bonds. The Labute approximate surface area is 119 Å². The Kier molecular flexibility index (Phi) is 6.51. The number of ether oxygens (including phenoxy) is 3. The van der Waals surface area contributed by atoms with Gasteiger partial charge in [-0.25, -0.2) is 4.79 Å². The van der Waals surface area contributed by atoms with Gasteiger partial charge in [0.2, 0.25) is 12.2 Å². The van der Waals surface area contributed by atoms with E-state index in [-0.39, 0.29) is 11.9 Å². The molecule has 0 saturated carbocycles. The van der Waals surface area contributed by atoms with Crippen molar-refractivity contribution in [3.63, 3.8) is 0 Å². The van der Waals surface area contributed by atoms with Crippen LogP contribution in [0, 0.1) is 0 Å². The zero-order valence-electron chi connectivity index (χ0n) is 12.5. The second-order valence-electron chi connectivity index (χ2n) is 4.75. The molecule has 0 aliphatic carbocycles. The van der Waals surface area contributed by atoms with Gasteiger partial charge in [0.05, 0.1) is 25.3 Å². The lowest BCUT2D eigenvalue weighted by atomic mass is 10.0. The minimum Gasteiger partial charge on any atom is -0.467 e. The number of allylic oxidation sites excluding steroid dienone is 1. The van der Waals surface area contributed by atoms with Crippen LogP contribution in [0.1, 0.15) is 40.0 Å². The van der Waals surface area contributed by atoms with E-state index in [2.05, 4.69) is 12.2 Å². The van der Waals surface area contributed by atoms with Crippen LogP contribution in [-0.4, -0.2) is 37.9 Å². The number of nitrogens with one attached hydrogen (secondary N) is 1. The standard InChI is InChI=1S/C14H23NO5/c1-5-6-7-19-14-12(15-10(3)16)8-11(9(2)20-14)13(17)18-4/h12,14H,5-8H2,1-4H3,(H,15,16)/t12?,14-/m0/s1. The Balaban J connectivity index is 2.80. The summed E-state index contributed by atoms with van der Waals surface area (Å²) in [5, 5.41) is 2.76. The molecule has 2 atom stereocenters. The van der Waals surface area contributed by atoms with Crippen molar-refractivity contribution in [2.24, 2.45) is 0 Å². The van der Waals surface area contributed by atoms with Gasteiger partial charge in [-0.3, -0.25) is 4.79 Å². The van der Waals surface area contributed by atoms with E-state index in [0.717, 1.165) is 12.8 Å². The van der Waals surface area contributed by atoms with E-state index in [1.54, 1.807) is 6.92 Å². The van der Waals surface area contributed by atoms with E-state index in [4.69, 9.17) is 14.2 Å². The van der Waals surface area contributed by atoms with Crippen molar-refractivity contribution in [2.45, 2.75) is 52.4 Å². The number of hydrogen-bond acceptors (Lipinski definition) is 5. The van der Waals surface area contributed by atoms with Gasteiger partial charge in [-0.1, -0.05) is 13.3 Å². The molecule has 114 valence electrons. The van der Waals surface area contributed by atoms with E-state index < -0.39 is 12.3 Å². The number of hydrogen-bond donors (Lipinski definition) is 1. The monoisotopic (exact) mass is 285 g/mol. The van der Waals surface area contributed by atoms with Crippen molar-refractivity contribution in [3.8, 4) is 0 Å². The first-order valence-corrected chi connectivity index (χ1v) is 6.83. The number of rotatable bonds is 6. The van der Waals surface area contributed by atoms with Crippen LogP contribution in [-0.2, 0) is 23.8 Å². The highest BCUT2D eigenvalue weighted by molar-refractivity contribution is 5.89. The van der Waals surface area contributed by atoms with Crippen molar-refractivity contribution < 1.29 is 23.8 Å². The lowest BCUT2D eigenvalue weighted by molar-refractivity contribution is -0.155. The predicted octanol–water partition coefficient (Wildman–Crippen LogP) is 1.50. The van der Waals surface area contributed by atoms with Crippen LogP contribution >= 0.6 is 0 Å². The number of methoxy groups -OCH3 is 1. The predicted molar refractivity (Wildman–Crippen MR) is 72.7 cm³/mol. The van der Waals surface area contributed by atoms with Gasteiger partial charge in [-0.05, 0) is 13.3 Å². The molecule has 1 unspecified atom stereocenters. The summed E-state index contributed by atoms with van der Waals surface area (Å²) in [7, 11) is 1.32. The fourth-order valence-electron chi connectivity index (χ4n) is 2.01. The van der Waals surface area contributed by atoms with Gasteiger partial charge in [0.15, 0.2) is 0 Å². The minimum atomic E-state index is -0.571. The summed E-state index contributed by atoms with van der Waals surface area (Å²) in [5.41, 5.74) is 0.432. The average Bonchev–Trinajstić information content (AvgIpc) is 2.40. The van der Waals surface area contributed by atoms with Crippen LogP contribution in [0.4, 0.5) is 0 Å². The molecule has 1 heterocycles. The molecule has 6 heteroatoms. The summed E-state index contributed by atoms with van der Waals surface area (Å²) in [6, 6.07) is -0.387. The van der Waals surface area contributed by atoms with Crippen LogP contribution in [0.2, 0.25) is 0 Å². The molecule has 0 spiro atoms. The molecule has 1 aliphatic rings. The molecule has 0 aromatic heterocycles. The van der Waals surface area contributed by atoms with Crippen LogP contribution in [0.3, 0.4) is 0 Å². The number of esters is 1. The van der Waals surface area contributed by atoms with Gasteiger partial charge in [-0.15, -0.1) is 0 Å². The number of unbranched alkanes of at least 4 members (excludes halogenated alkanes) is 1. The van der Waals surface area contributed by atoms with Crippen molar-refractivity contribution in [2.75, 3.05) is 13.7 Å². The maximum absolute atomic E-state index is 11.7. The Morgan fingerprint density at radius 2 is 2.15 bits per heavy atom. The van der Waals surface area contributed by atoms with Crippen molar-refractivity contribution >= 4 is 11.9 Å². The highest BCUT2D eigenvalue weighted by Gasteiger charge is 2.34. The second kappa shape index (κ2) is 7.89. The molecule has 1 N–H and O–H groups in total. The fraction of sp³-hybridized carbons (Fsp3) is 0.714. The van der Waals surface area contributed by atoms with Crippen LogP contribution in [0.25, 0.3) is 0 Å². The molecule has 6 nitrogen and oxygen atoms in total. The van der Waals surface area contributed by atoms with E-state index in [1.807, 2.05) is 0 Å². The highest BCUT2D eigenvalue weighted by Crippen LogP contribution is 2.26. The normalized spacial score (nSPS) is 22.2. The third kappa shape index (κ3) is 4.52. The lowest BCUT2D eigenvalue weighted by Crippen LogP contribution is -2.48. The first kappa shape index (κ1) is 16.5. The third-order valence-electron chi connectivity index (χ3n) is 3.07. The molecule has 0 bridgehead atoms. The number of amides is 1. The molecule has 0 aromatic rings. The summed E-state index contributed by atoms with van der Waals surface area (Å²) < 4.78 is 16.0. The summed E-state index contributed by atoms with van der Waals surface area (Å²) in [4.78, 5) is 22.9. The molecular weight excluding hydrogens is 262 g/mol. The molecule has 1 aliphatic heterocycles. The highest BCUT2D eigenvalue weighted by atomic mass is 16.7. The van der Waals surface area contributed by atoms with Crippen LogP contribution in [0.5, 0.6) is 0 Å². The maximum Gasteiger partial charge on any atom is 0.337 e. The molecule has 0 saturated heterocycles. The van der Waals surface area contributed by atoms with E-state index >= 15 is 0 Å². The van der Waals surface area contributed by atoms with E-state index in [9.17, 15) is 9.59 Å². The first-order valence-electron chi connectivity index (χ1n) is 6.83. The van der Waals surface area contributed by atoms with Crippen molar-refractivity contribution in [1.29, 1.82) is 0 Å². The lowest BCUT2D eigenvalue weighted by Gasteiger charge is -2.33. The molecule has 0 radical (unpaired) electrons. The number of carbonyl (C=O) groups excluding carboxylic acids is 2. The van der Waals surface area contributed by atoms with Crippen molar-refractivity contribution in [3.05, 3.63) is 11.3 Å². The summed E-state index contributed by atoms with van der Waals surface area (Å²) in [6.45, 7) is 5.74. The summed E-state index contributed by atoms with van der Waals surface area (Å²) in [5.74, 6) is -0.142. The Morgan fingerprint density at radius 1 is 1.45 bits per heavy atom. The van der Waals surface area contributed by atoms with Gasteiger partial charge >= 0.3 is 5.97 Å². The van der Waals surface area contributed by atoms with Gasteiger partial charge in [0, 0.05) is 13.3 Å². The van der Waals surface area contributed by atoms with E-state index in [0.29, 0.717) is 24.4 Å². The Hall–Kier alpha value is -1.56. The fourth-order valence-corrected chi connectivity index (χ4v) is 2.01. The first-order chi connectivity index (χ1) is 9.49. The molecule has 0 aromatic carbocycles. The second-order valence-corrected chi connectivity index (χ2v) is 4.75. The zero-order chi connectivity index (χ0) is 15.1. The molecular formula is C14H23NO5. The van der Waals surface area contributed by atoms with Gasteiger partial charge in [-0.2, -0.15) is 0 Å². The smallest absolute Gasteiger partial charge is 0.337 e. The van der Waals surface area contributed by atoms with Gasteiger partial charge in [0.25, 0.3) is 0 Å². The Morgan fingerprint density at radius 3 is 2.70 bits per heavy atom. The topological polar surface area (TPSA) is 73.9 Å². The van der Waals surface area contributed by atoms with Crippen molar-refractivity contribution in [1.82, 2.24) is 5.32 Å². The SMILES string of the molecule is CCCCO[C@H]1OC(C)=C(C(=O)OC)CC1NC(C)=O.